The van der Waals surface area contributed by atoms with Gasteiger partial charge in [-0.15, -0.1) is 0 Å². The Kier molecular flexibility index (Phi) is 5.74. The van der Waals surface area contributed by atoms with Crippen molar-refractivity contribution in [3.8, 4) is 0 Å². The lowest BCUT2D eigenvalue weighted by molar-refractivity contribution is -0.119. The molecule has 146 valence electrons. The number of anilines is 1. The van der Waals surface area contributed by atoms with Gasteiger partial charge in [0.1, 0.15) is 0 Å². The largest absolute Gasteiger partial charge is 0.378 e. The molecule has 0 saturated carbocycles. The second-order valence-corrected chi connectivity index (χ2v) is 8.57. The van der Waals surface area contributed by atoms with Gasteiger partial charge in [-0.05, 0) is 55.9 Å². The Balaban J connectivity index is 1.61. The van der Waals surface area contributed by atoms with Crippen LogP contribution in [0.4, 0.5) is 5.13 Å². The summed E-state index contributed by atoms with van der Waals surface area (Å²) in [6, 6.07) is 14.4. The number of amides is 1. The highest BCUT2D eigenvalue weighted by atomic mass is 32.1. The fourth-order valence-electron chi connectivity index (χ4n) is 3.79. The predicted molar refractivity (Wildman–Crippen MR) is 115 cm³/mol. The van der Waals surface area contributed by atoms with Gasteiger partial charge >= 0.3 is 0 Å². The molecule has 1 fully saturated rings. The molecule has 2 aromatic carbocycles. The van der Waals surface area contributed by atoms with Gasteiger partial charge in [-0.1, -0.05) is 47.7 Å². The van der Waals surface area contributed by atoms with E-state index >= 15 is 0 Å². The Hall–Kier alpha value is -2.24. The van der Waals surface area contributed by atoms with Crippen LogP contribution in [0.5, 0.6) is 0 Å². The first-order valence-corrected chi connectivity index (χ1v) is 10.8. The topological polar surface area (TPSA) is 42.4 Å². The van der Waals surface area contributed by atoms with Gasteiger partial charge in [0.05, 0.1) is 22.9 Å². The summed E-state index contributed by atoms with van der Waals surface area (Å²) < 4.78 is 6.84. The van der Waals surface area contributed by atoms with Crippen molar-refractivity contribution < 1.29 is 9.53 Å². The van der Waals surface area contributed by atoms with Gasteiger partial charge in [-0.25, -0.2) is 4.98 Å². The lowest BCUT2D eigenvalue weighted by Gasteiger charge is -2.21. The van der Waals surface area contributed by atoms with Crippen molar-refractivity contribution in [3.05, 3.63) is 59.2 Å². The van der Waals surface area contributed by atoms with Gasteiger partial charge in [0, 0.05) is 13.0 Å². The highest BCUT2D eigenvalue weighted by molar-refractivity contribution is 7.22. The summed E-state index contributed by atoms with van der Waals surface area (Å²) in [5.41, 5.74) is 4.49. The van der Waals surface area contributed by atoms with Gasteiger partial charge in [0.2, 0.25) is 5.91 Å². The van der Waals surface area contributed by atoms with Crippen LogP contribution in [0.15, 0.2) is 42.5 Å². The first-order valence-electron chi connectivity index (χ1n) is 9.94. The molecular formula is C23H26N2O2S. The van der Waals surface area contributed by atoms with Crippen molar-refractivity contribution in [3.63, 3.8) is 0 Å². The molecule has 3 aromatic rings. The number of rotatable bonds is 6. The second kappa shape index (κ2) is 8.41. The number of aromatic nitrogens is 1. The lowest BCUT2D eigenvalue weighted by Crippen LogP contribution is -2.30. The van der Waals surface area contributed by atoms with Crippen LogP contribution in [0.3, 0.4) is 0 Å². The monoisotopic (exact) mass is 394 g/mol. The van der Waals surface area contributed by atoms with Crippen LogP contribution in [-0.2, 0) is 16.1 Å². The van der Waals surface area contributed by atoms with E-state index in [4.69, 9.17) is 9.72 Å². The van der Waals surface area contributed by atoms with E-state index in [9.17, 15) is 4.79 Å². The molecule has 5 heteroatoms. The average molecular weight is 395 g/mol. The zero-order valence-corrected chi connectivity index (χ0v) is 17.3. The van der Waals surface area contributed by atoms with E-state index in [-0.39, 0.29) is 12.0 Å². The quantitative estimate of drug-likeness (QED) is 0.562. The molecule has 4 nitrogen and oxygen atoms in total. The van der Waals surface area contributed by atoms with E-state index in [0.29, 0.717) is 13.0 Å². The Morgan fingerprint density at radius 2 is 2.07 bits per heavy atom. The van der Waals surface area contributed by atoms with Gasteiger partial charge in [0.15, 0.2) is 5.13 Å². The molecule has 0 aliphatic carbocycles. The predicted octanol–water partition coefficient (Wildman–Crippen LogP) is 5.41. The standard InChI is InChI=1S/C23H26N2O2S/c1-16-13-17(2)22-20(14-16)28-23(24-22)25(15-18-7-4-3-5-8-18)21(26)11-10-19-9-6-12-27-19/h3-5,7-8,13-14,19H,6,9-12,15H2,1-2H3. The fourth-order valence-corrected chi connectivity index (χ4v) is 4.95. The normalized spacial score (nSPS) is 16.6. The minimum Gasteiger partial charge on any atom is -0.378 e. The number of hydrogen-bond acceptors (Lipinski definition) is 4. The number of fused-ring (bicyclic) bond motifs is 1. The molecule has 1 atom stereocenters. The van der Waals surface area contributed by atoms with Crippen LogP contribution in [0.25, 0.3) is 10.2 Å². The van der Waals surface area contributed by atoms with E-state index in [1.165, 1.54) is 5.56 Å². The van der Waals surface area contributed by atoms with Crippen LogP contribution in [0.2, 0.25) is 0 Å². The molecule has 0 bridgehead atoms. The van der Waals surface area contributed by atoms with Crippen molar-refractivity contribution in [2.24, 2.45) is 0 Å². The van der Waals surface area contributed by atoms with Crippen LogP contribution in [0, 0.1) is 13.8 Å². The van der Waals surface area contributed by atoms with Gasteiger partial charge in [-0.3, -0.25) is 9.69 Å². The first kappa shape index (κ1) is 19.1. The maximum absolute atomic E-state index is 13.2. The molecule has 4 rings (SSSR count). The van der Waals surface area contributed by atoms with Crippen molar-refractivity contribution in [1.82, 2.24) is 4.98 Å². The zero-order valence-electron chi connectivity index (χ0n) is 16.5. The molecule has 1 aromatic heterocycles. The Morgan fingerprint density at radius 3 is 2.82 bits per heavy atom. The summed E-state index contributed by atoms with van der Waals surface area (Å²) in [6.07, 6.45) is 3.66. The number of thiazole rings is 1. The number of benzene rings is 2. The van der Waals surface area contributed by atoms with Gasteiger partial charge < -0.3 is 4.74 Å². The lowest BCUT2D eigenvalue weighted by atomic mass is 10.1. The van der Waals surface area contributed by atoms with E-state index < -0.39 is 0 Å². The number of carbonyl (C=O) groups excluding carboxylic acids is 1. The molecule has 1 saturated heterocycles. The number of aryl methyl sites for hydroxylation is 2. The number of ether oxygens (including phenoxy) is 1. The van der Waals surface area contributed by atoms with Crippen LogP contribution < -0.4 is 4.90 Å². The third-order valence-corrected chi connectivity index (χ3v) is 6.26. The number of carbonyl (C=O) groups is 1. The van der Waals surface area contributed by atoms with E-state index in [0.717, 1.165) is 52.3 Å². The molecule has 1 amide bonds. The van der Waals surface area contributed by atoms with Gasteiger partial charge in [0.25, 0.3) is 0 Å². The molecule has 2 heterocycles. The van der Waals surface area contributed by atoms with Crippen molar-refractivity contribution in [2.75, 3.05) is 11.5 Å². The van der Waals surface area contributed by atoms with Crippen molar-refractivity contribution >= 4 is 32.6 Å². The summed E-state index contributed by atoms with van der Waals surface area (Å²) in [7, 11) is 0. The number of nitrogens with zero attached hydrogens (tertiary/aromatic N) is 2. The molecule has 0 N–H and O–H groups in total. The third-order valence-electron chi connectivity index (χ3n) is 5.24. The van der Waals surface area contributed by atoms with Crippen molar-refractivity contribution in [1.29, 1.82) is 0 Å². The smallest absolute Gasteiger partial charge is 0.229 e. The fraction of sp³-hybridized carbons (Fsp3) is 0.391. The third kappa shape index (κ3) is 4.26. The minimum atomic E-state index is 0.118. The first-order chi connectivity index (χ1) is 13.6. The summed E-state index contributed by atoms with van der Waals surface area (Å²) in [4.78, 5) is 19.9. The molecule has 1 unspecified atom stereocenters. The van der Waals surface area contributed by atoms with E-state index in [1.54, 1.807) is 11.3 Å². The maximum Gasteiger partial charge on any atom is 0.229 e. The minimum absolute atomic E-state index is 0.118. The highest BCUT2D eigenvalue weighted by Crippen LogP contribution is 2.33. The maximum atomic E-state index is 13.2. The number of hydrogen-bond donors (Lipinski definition) is 0. The average Bonchev–Trinajstić information content (AvgIpc) is 3.34. The Bertz CT molecular complexity index is 961. The molecule has 28 heavy (non-hydrogen) atoms. The molecule has 1 aliphatic rings. The molecule has 1 aliphatic heterocycles. The Morgan fingerprint density at radius 1 is 1.25 bits per heavy atom. The second-order valence-electron chi connectivity index (χ2n) is 7.56. The Labute approximate surface area is 170 Å². The van der Waals surface area contributed by atoms with Gasteiger partial charge in [-0.2, -0.15) is 0 Å². The molecular weight excluding hydrogens is 368 g/mol. The SMILES string of the molecule is Cc1cc(C)c2nc(N(Cc3ccccc3)C(=O)CCC3CCCO3)sc2c1. The summed E-state index contributed by atoms with van der Waals surface area (Å²) in [5, 5.41) is 0.782. The summed E-state index contributed by atoms with van der Waals surface area (Å²) in [6.45, 7) is 5.55. The zero-order chi connectivity index (χ0) is 19.5. The van der Waals surface area contributed by atoms with Crippen LogP contribution >= 0.6 is 11.3 Å². The summed E-state index contributed by atoms with van der Waals surface area (Å²) >= 11 is 1.60. The van der Waals surface area contributed by atoms with E-state index in [1.807, 2.05) is 23.1 Å². The summed E-state index contributed by atoms with van der Waals surface area (Å²) in [5.74, 6) is 0.118. The van der Waals surface area contributed by atoms with Crippen LogP contribution in [0.1, 0.15) is 42.4 Å². The van der Waals surface area contributed by atoms with Crippen LogP contribution in [-0.4, -0.2) is 23.6 Å². The molecule has 0 spiro atoms. The highest BCUT2D eigenvalue weighted by Gasteiger charge is 2.23. The molecule has 0 radical (unpaired) electrons. The van der Waals surface area contributed by atoms with E-state index in [2.05, 4.69) is 38.1 Å². The van der Waals surface area contributed by atoms with Crippen molar-refractivity contribution in [2.45, 2.75) is 52.2 Å².